The number of benzene rings is 1. The third-order valence-corrected chi connectivity index (χ3v) is 4.50. The van der Waals surface area contributed by atoms with Crippen molar-refractivity contribution >= 4 is 5.97 Å². The van der Waals surface area contributed by atoms with Crippen molar-refractivity contribution in [3.63, 3.8) is 0 Å². The van der Waals surface area contributed by atoms with E-state index in [1.165, 1.54) is 12.1 Å². The molecule has 2 aromatic rings. The predicted molar refractivity (Wildman–Crippen MR) is 88.8 cm³/mol. The van der Waals surface area contributed by atoms with Crippen molar-refractivity contribution in [2.24, 2.45) is 18.9 Å². The Balaban J connectivity index is 1.82. The molecule has 5 nitrogen and oxygen atoms in total. The molecule has 2 atom stereocenters. The summed E-state index contributed by atoms with van der Waals surface area (Å²) in [6.07, 6.45) is 2.68. The smallest absolute Gasteiger partial charge is 0.307 e. The zero-order valence-electron chi connectivity index (χ0n) is 13.9. The fourth-order valence-corrected chi connectivity index (χ4v) is 3.51. The van der Waals surface area contributed by atoms with Gasteiger partial charge in [0.2, 0.25) is 0 Å². The average molecular weight is 331 g/mol. The summed E-state index contributed by atoms with van der Waals surface area (Å²) in [7, 11) is 1.86. The molecular formula is C18H22FN3O2. The van der Waals surface area contributed by atoms with Crippen LogP contribution in [0.5, 0.6) is 0 Å². The topological polar surface area (TPSA) is 58.4 Å². The van der Waals surface area contributed by atoms with E-state index in [-0.39, 0.29) is 11.7 Å². The van der Waals surface area contributed by atoms with Crippen LogP contribution in [-0.2, 0) is 18.4 Å². The highest BCUT2D eigenvalue weighted by Gasteiger charge is 2.30. The van der Waals surface area contributed by atoms with E-state index in [0.717, 1.165) is 29.8 Å². The molecule has 0 saturated carbocycles. The molecule has 1 N–H and O–H groups in total. The molecule has 0 amide bonds. The number of likely N-dealkylation sites (tertiary alicyclic amines) is 1. The summed E-state index contributed by atoms with van der Waals surface area (Å²) >= 11 is 0. The monoisotopic (exact) mass is 331 g/mol. The standard InChI is InChI=1S/C18H22FN3O2/c1-12-7-14(18(23)24)10-22(8-12)11-15-9-21(2)20-17(15)13-3-5-16(19)6-4-13/h3-6,9,12,14H,7-8,10-11H2,1-2H3,(H,23,24). The number of hydrogen-bond donors (Lipinski definition) is 1. The van der Waals surface area contributed by atoms with Gasteiger partial charge in [0.25, 0.3) is 0 Å². The van der Waals surface area contributed by atoms with Gasteiger partial charge in [-0.15, -0.1) is 0 Å². The van der Waals surface area contributed by atoms with Crippen LogP contribution in [0.15, 0.2) is 30.5 Å². The van der Waals surface area contributed by atoms with Crippen molar-refractivity contribution in [1.82, 2.24) is 14.7 Å². The van der Waals surface area contributed by atoms with E-state index in [1.807, 2.05) is 13.2 Å². The molecule has 24 heavy (non-hydrogen) atoms. The predicted octanol–water partition coefficient (Wildman–Crippen LogP) is 2.77. The number of aromatic nitrogens is 2. The van der Waals surface area contributed by atoms with E-state index in [0.29, 0.717) is 19.0 Å². The number of piperidine rings is 1. The summed E-state index contributed by atoms with van der Waals surface area (Å²) in [6, 6.07) is 6.30. The van der Waals surface area contributed by atoms with Gasteiger partial charge in [0.05, 0.1) is 11.6 Å². The Morgan fingerprint density at radius 2 is 2.04 bits per heavy atom. The van der Waals surface area contributed by atoms with Crippen LogP contribution < -0.4 is 0 Å². The molecular weight excluding hydrogens is 309 g/mol. The quantitative estimate of drug-likeness (QED) is 0.936. The number of carbonyl (C=O) groups is 1. The highest BCUT2D eigenvalue weighted by molar-refractivity contribution is 5.70. The largest absolute Gasteiger partial charge is 0.481 e. The molecule has 2 unspecified atom stereocenters. The van der Waals surface area contributed by atoms with Crippen LogP contribution >= 0.6 is 0 Å². The number of aryl methyl sites for hydroxylation is 1. The summed E-state index contributed by atoms with van der Waals surface area (Å²) in [4.78, 5) is 13.5. The van der Waals surface area contributed by atoms with Crippen LogP contribution in [0.4, 0.5) is 4.39 Å². The summed E-state index contributed by atoms with van der Waals surface area (Å²) in [5.74, 6) is -0.965. The normalized spacial score (nSPS) is 21.8. The van der Waals surface area contributed by atoms with Crippen molar-refractivity contribution < 1.29 is 14.3 Å². The molecule has 0 aliphatic carbocycles. The van der Waals surface area contributed by atoms with Gasteiger partial charge >= 0.3 is 5.97 Å². The first-order chi connectivity index (χ1) is 11.4. The van der Waals surface area contributed by atoms with Gasteiger partial charge in [-0.25, -0.2) is 4.39 Å². The summed E-state index contributed by atoms with van der Waals surface area (Å²) in [5, 5.41) is 13.8. The molecule has 0 bridgehead atoms. The van der Waals surface area contributed by atoms with Crippen molar-refractivity contribution in [2.45, 2.75) is 19.9 Å². The van der Waals surface area contributed by atoms with Gasteiger partial charge in [0.1, 0.15) is 5.82 Å². The highest BCUT2D eigenvalue weighted by atomic mass is 19.1. The molecule has 1 aromatic carbocycles. The lowest BCUT2D eigenvalue weighted by Crippen LogP contribution is -2.41. The maximum absolute atomic E-state index is 13.2. The van der Waals surface area contributed by atoms with Crippen LogP contribution in [0.3, 0.4) is 0 Å². The molecule has 1 aliphatic heterocycles. The molecule has 3 rings (SSSR count). The molecule has 1 saturated heterocycles. The average Bonchev–Trinajstić information content (AvgIpc) is 2.88. The molecule has 128 valence electrons. The van der Waals surface area contributed by atoms with Crippen molar-refractivity contribution in [1.29, 1.82) is 0 Å². The van der Waals surface area contributed by atoms with Gasteiger partial charge < -0.3 is 5.11 Å². The molecule has 1 fully saturated rings. The highest BCUT2D eigenvalue weighted by Crippen LogP contribution is 2.27. The van der Waals surface area contributed by atoms with E-state index < -0.39 is 5.97 Å². The fourth-order valence-electron chi connectivity index (χ4n) is 3.51. The third kappa shape index (κ3) is 3.64. The Kier molecular flexibility index (Phi) is 4.66. The minimum Gasteiger partial charge on any atom is -0.481 e. The van der Waals surface area contributed by atoms with Gasteiger partial charge in [-0.1, -0.05) is 6.92 Å². The summed E-state index contributed by atoms with van der Waals surface area (Å²) in [6.45, 7) is 4.17. The Labute approximate surface area is 140 Å². The Bertz CT molecular complexity index is 726. The second kappa shape index (κ2) is 6.73. The van der Waals surface area contributed by atoms with Gasteiger partial charge in [0, 0.05) is 44.0 Å². The number of hydrogen-bond acceptors (Lipinski definition) is 3. The zero-order chi connectivity index (χ0) is 17.3. The first kappa shape index (κ1) is 16.6. The second-order valence-corrected chi connectivity index (χ2v) is 6.75. The lowest BCUT2D eigenvalue weighted by atomic mass is 9.90. The number of halogens is 1. The number of rotatable bonds is 4. The number of carboxylic acids is 1. The lowest BCUT2D eigenvalue weighted by molar-refractivity contribution is -0.144. The lowest BCUT2D eigenvalue weighted by Gasteiger charge is -2.34. The van der Waals surface area contributed by atoms with Crippen LogP contribution in [0, 0.1) is 17.7 Å². The van der Waals surface area contributed by atoms with E-state index in [4.69, 9.17) is 0 Å². The van der Waals surface area contributed by atoms with Gasteiger partial charge in [0.15, 0.2) is 0 Å². The maximum Gasteiger partial charge on any atom is 0.307 e. The SMILES string of the molecule is CC1CC(C(=O)O)CN(Cc2cn(C)nc2-c2ccc(F)cc2)C1. The number of carboxylic acid groups (broad SMARTS) is 1. The fraction of sp³-hybridized carbons (Fsp3) is 0.444. The Morgan fingerprint density at radius 3 is 2.71 bits per heavy atom. The van der Waals surface area contributed by atoms with Crippen LogP contribution in [0.2, 0.25) is 0 Å². The van der Waals surface area contributed by atoms with Crippen molar-refractivity contribution in [3.05, 3.63) is 41.8 Å². The van der Waals surface area contributed by atoms with Gasteiger partial charge in [-0.2, -0.15) is 5.10 Å². The van der Waals surface area contributed by atoms with E-state index in [9.17, 15) is 14.3 Å². The van der Waals surface area contributed by atoms with E-state index >= 15 is 0 Å². The minimum atomic E-state index is -0.725. The van der Waals surface area contributed by atoms with Crippen molar-refractivity contribution in [2.75, 3.05) is 13.1 Å². The van der Waals surface area contributed by atoms with Crippen molar-refractivity contribution in [3.8, 4) is 11.3 Å². The maximum atomic E-state index is 13.2. The van der Waals surface area contributed by atoms with Gasteiger partial charge in [-0.05, 0) is 36.6 Å². The van der Waals surface area contributed by atoms with Crippen LogP contribution in [-0.4, -0.2) is 38.8 Å². The third-order valence-electron chi connectivity index (χ3n) is 4.50. The molecule has 1 aromatic heterocycles. The second-order valence-electron chi connectivity index (χ2n) is 6.75. The molecule has 6 heteroatoms. The first-order valence-electron chi connectivity index (χ1n) is 8.16. The number of aliphatic carboxylic acids is 1. The Morgan fingerprint density at radius 1 is 1.33 bits per heavy atom. The molecule has 2 heterocycles. The summed E-state index contributed by atoms with van der Waals surface area (Å²) < 4.78 is 14.9. The molecule has 1 aliphatic rings. The minimum absolute atomic E-state index is 0.273. The molecule has 0 radical (unpaired) electrons. The van der Waals surface area contributed by atoms with E-state index in [2.05, 4.69) is 16.9 Å². The van der Waals surface area contributed by atoms with Gasteiger partial charge in [-0.3, -0.25) is 14.4 Å². The van der Waals surface area contributed by atoms with Crippen LogP contribution in [0.1, 0.15) is 18.9 Å². The first-order valence-corrected chi connectivity index (χ1v) is 8.16. The van der Waals surface area contributed by atoms with E-state index in [1.54, 1.807) is 16.8 Å². The molecule has 0 spiro atoms. The zero-order valence-corrected chi connectivity index (χ0v) is 13.9. The summed E-state index contributed by atoms with van der Waals surface area (Å²) in [5.41, 5.74) is 2.72. The van der Waals surface area contributed by atoms with Crippen LogP contribution in [0.25, 0.3) is 11.3 Å². The number of nitrogens with zero attached hydrogens (tertiary/aromatic N) is 3. The Hall–Kier alpha value is -2.21.